The molecule has 0 fully saturated rings. The van der Waals surface area contributed by atoms with Crippen molar-refractivity contribution < 1.29 is 9.59 Å². The van der Waals surface area contributed by atoms with Gasteiger partial charge in [-0.1, -0.05) is 61.9 Å². The molecule has 1 aliphatic heterocycles. The molecule has 2 aromatic carbocycles. The number of imide groups is 1. The summed E-state index contributed by atoms with van der Waals surface area (Å²) in [5, 5.41) is 14.4. The lowest BCUT2D eigenvalue weighted by Gasteiger charge is -2.27. The Bertz CT molecular complexity index is 1290. The quantitative estimate of drug-likeness (QED) is 0.405. The molecule has 1 aromatic heterocycles. The standard InChI is InChI=1S/C27H24N4O2/c1-3-4-15-30-26(32)23(19(2)24(17-28)27(30)33)16-21-18-31(22-13-9-6-10-14-22)29-25(21)20-11-7-5-8-12-20/h5-14,16,18H,3-4,15H2,1-2H3/b23-16+. The summed E-state index contributed by atoms with van der Waals surface area (Å²) in [6.45, 7) is 3.94. The molecule has 0 spiro atoms. The number of amides is 2. The predicted molar refractivity (Wildman–Crippen MR) is 127 cm³/mol. The zero-order chi connectivity index (χ0) is 23.4. The molecule has 33 heavy (non-hydrogen) atoms. The van der Waals surface area contributed by atoms with Gasteiger partial charge in [-0.3, -0.25) is 14.5 Å². The van der Waals surface area contributed by atoms with Crippen molar-refractivity contribution in [1.29, 1.82) is 5.26 Å². The third kappa shape index (κ3) is 4.26. The number of benzene rings is 2. The lowest BCUT2D eigenvalue weighted by Crippen LogP contribution is -2.43. The van der Waals surface area contributed by atoms with Crippen LogP contribution in [0.25, 0.3) is 23.0 Å². The number of hydrogen-bond acceptors (Lipinski definition) is 4. The summed E-state index contributed by atoms with van der Waals surface area (Å²) in [5.74, 6) is -0.898. The zero-order valence-corrected chi connectivity index (χ0v) is 18.7. The first-order valence-corrected chi connectivity index (χ1v) is 10.9. The molecule has 0 atom stereocenters. The summed E-state index contributed by atoms with van der Waals surface area (Å²) in [4.78, 5) is 27.2. The first-order valence-electron chi connectivity index (χ1n) is 10.9. The van der Waals surface area contributed by atoms with E-state index < -0.39 is 5.91 Å². The molecule has 0 N–H and O–H groups in total. The first kappa shape index (κ1) is 22.0. The van der Waals surface area contributed by atoms with E-state index in [-0.39, 0.29) is 11.5 Å². The molecule has 0 saturated carbocycles. The number of para-hydroxylation sites is 1. The Labute approximate surface area is 193 Å². The monoisotopic (exact) mass is 436 g/mol. The van der Waals surface area contributed by atoms with Crippen LogP contribution < -0.4 is 0 Å². The van der Waals surface area contributed by atoms with Gasteiger partial charge in [-0.05, 0) is 37.1 Å². The van der Waals surface area contributed by atoms with Gasteiger partial charge in [0.05, 0.1) is 11.4 Å². The summed E-state index contributed by atoms with van der Waals surface area (Å²) >= 11 is 0. The van der Waals surface area contributed by atoms with Crippen LogP contribution in [0.15, 0.2) is 83.6 Å². The molecule has 0 unspecified atom stereocenters. The molecule has 6 nitrogen and oxygen atoms in total. The van der Waals surface area contributed by atoms with E-state index in [9.17, 15) is 14.9 Å². The fraction of sp³-hybridized carbons (Fsp3) is 0.185. The molecule has 6 heteroatoms. The maximum Gasteiger partial charge on any atom is 0.271 e. The Morgan fingerprint density at radius 2 is 1.67 bits per heavy atom. The maximum atomic E-state index is 13.3. The minimum Gasteiger partial charge on any atom is -0.274 e. The highest BCUT2D eigenvalue weighted by atomic mass is 16.2. The highest BCUT2D eigenvalue weighted by Gasteiger charge is 2.35. The Hall–Kier alpha value is -4.24. The van der Waals surface area contributed by atoms with Crippen molar-refractivity contribution >= 4 is 17.9 Å². The number of nitrogens with zero attached hydrogens (tertiary/aromatic N) is 4. The predicted octanol–water partition coefficient (Wildman–Crippen LogP) is 4.93. The van der Waals surface area contributed by atoms with Crippen molar-refractivity contribution in [2.75, 3.05) is 6.54 Å². The normalized spacial score (nSPS) is 15.3. The second-order valence-electron chi connectivity index (χ2n) is 7.86. The fourth-order valence-electron chi connectivity index (χ4n) is 3.83. The number of carbonyl (C=O) groups is 2. The minimum absolute atomic E-state index is 0.00802. The smallest absolute Gasteiger partial charge is 0.271 e. The molecule has 0 bridgehead atoms. The van der Waals surface area contributed by atoms with Crippen molar-refractivity contribution in [1.82, 2.24) is 14.7 Å². The van der Waals surface area contributed by atoms with E-state index in [4.69, 9.17) is 5.10 Å². The molecule has 0 saturated heterocycles. The summed E-state index contributed by atoms with van der Waals surface area (Å²) in [6.07, 6.45) is 5.13. The van der Waals surface area contributed by atoms with Gasteiger partial charge < -0.3 is 0 Å². The Kier molecular flexibility index (Phi) is 6.32. The lowest BCUT2D eigenvalue weighted by molar-refractivity contribution is -0.140. The third-order valence-electron chi connectivity index (χ3n) is 5.67. The van der Waals surface area contributed by atoms with Gasteiger partial charge in [-0.15, -0.1) is 0 Å². The molecule has 2 amide bonds. The number of aromatic nitrogens is 2. The minimum atomic E-state index is -0.520. The number of unbranched alkanes of at least 4 members (excludes halogenated alkanes) is 1. The van der Waals surface area contributed by atoms with Gasteiger partial charge >= 0.3 is 0 Å². The van der Waals surface area contributed by atoms with Gasteiger partial charge in [0.25, 0.3) is 11.8 Å². The van der Waals surface area contributed by atoms with Crippen LogP contribution in [0.2, 0.25) is 0 Å². The van der Waals surface area contributed by atoms with Crippen LogP contribution in [-0.4, -0.2) is 33.0 Å². The Morgan fingerprint density at radius 3 is 2.30 bits per heavy atom. The van der Waals surface area contributed by atoms with Crippen molar-refractivity contribution in [3.8, 4) is 23.0 Å². The average Bonchev–Trinajstić information content (AvgIpc) is 3.27. The number of nitriles is 1. The van der Waals surface area contributed by atoms with Crippen molar-refractivity contribution in [2.24, 2.45) is 0 Å². The van der Waals surface area contributed by atoms with E-state index in [1.54, 1.807) is 17.7 Å². The van der Waals surface area contributed by atoms with Crippen molar-refractivity contribution in [2.45, 2.75) is 26.7 Å². The highest BCUT2D eigenvalue weighted by molar-refractivity contribution is 6.19. The van der Waals surface area contributed by atoms with Crippen LogP contribution >= 0.6 is 0 Å². The maximum absolute atomic E-state index is 13.3. The van der Waals surface area contributed by atoms with E-state index in [1.165, 1.54) is 4.90 Å². The van der Waals surface area contributed by atoms with Gasteiger partial charge in [0.1, 0.15) is 11.6 Å². The fourth-order valence-corrected chi connectivity index (χ4v) is 3.83. The number of rotatable bonds is 6. The molecule has 1 aliphatic rings. The van der Waals surface area contributed by atoms with E-state index in [0.717, 1.165) is 23.2 Å². The van der Waals surface area contributed by atoms with Gasteiger partial charge in [0.2, 0.25) is 0 Å². The van der Waals surface area contributed by atoms with Crippen LogP contribution in [0.5, 0.6) is 0 Å². The van der Waals surface area contributed by atoms with Crippen LogP contribution in [0.1, 0.15) is 32.3 Å². The molecular weight excluding hydrogens is 412 g/mol. The molecule has 3 aromatic rings. The van der Waals surface area contributed by atoms with Crippen LogP contribution in [-0.2, 0) is 9.59 Å². The largest absolute Gasteiger partial charge is 0.274 e. The molecule has 0 radical (unpaired) electrons. The average molecular weight is 437 g/mol. The van der Waals surface area contributed by atoms with Crippen molar-refractivity contribution in [3.63, 3.8) is 0 Å². The molecule has 164 valence electrons. The summed E-state index contributed by atoms with van der Waals surface area (Å²) < 4.78 is 1.77. The summed E-state index contributed by atoms with van der Waals surface area (Å²) in [7, 11) is 0. The van der Waals surface area contributed by atoms with Gasteiger partial charge in [-0.2, -0.15) is 10.4 Å². The second-order valence-corrected chi connectivity index (χ2v) is 7.86. The third-order valence-corrected chi connectivity index (χ3v) is 5.67. The Morgan fingerprint density at radius 1 is 1.00 bits per heavy atom. The molecule has 4 rings (SSSR count). The second kappa shape index (κ2) is 9.49. The van der Waals surface area contributed by atoms with Crippen LogP contribution in [0.4, 0.5) is 0 Å². The number of hydrogen-bond donors (Lipinski definition) is 0. The van der Waals surface area contributed by atoms with Gasteiger partial charge in [0.15, 0.2) is 0 Å². The van der Waals surface area contributed by atoms with Crippen LogP contribution in [0, 0.1) is 11.3 Å². The van der Waals surface area contributed by atoms with E-state index in [2.05, 4.69) is 0 Å². The van der Waals surface area contributed by atoms with Gasteiger partial charge in [0, 0.05) is 29.4 Å². The highest BCUT2D eigenvalue weighted by Crippen LogP contribution is 2.31. The van der Waals surface area contributed by atoms with E-state index >= 15 is 0 Å². The Balaban J connectivity index is 1.88. The van der Waals surface area contributed by atoms with E-state index in [0.29, 0.717) is 29.8 Å². The molecule has 2 heterocycles. The SMILES string of the molecule is CCCCN1C(=O)C(C#N)=C(C)/C(=C\c2cn(-c3ccccc3)nc2-c2ccccc2)C1=O. The van der Waals surface area contributed by atoms with Gasteiger partial charge in [-0.25, -0.2) is 4.68 Å². The summed E-state index contributed by atoms with van der Waals surface area (Å²) in [5.41, 5.74) is 3.98. The summed E-state index contributed by atoms with van der Waals surface area (Å²) in [6, 6.07) is 21.4. The molecule has 0 aliphatic carbocycles. The van der Waals surface area contributed by atoms with Crippen LogP contribution in [0.3, 0.4) is 0 Å². The zero-order valence-electron chi connectivity index (χ0n) is 18.7. The van der Waals surface area contributed by atoms with E-state index in [1.807, 2.05) is 79.9 Å². The number of carbonyl (C=O) groups excluding carboxylic acids is 2. The topological polar surface area (TPSA) is 79.0 Å². The lowest BCUT2D eigenvalue weighted by atomic mass is 9.93. The first-order chi connectivity index (χ1) is 16.0. The molecular formula is C27H24N4O2. The van der Waals surface area contributed by atoms with Crippen molar-refractivity contribution in [3.05, 3.63) is 89.1 Å².